The summed E-state index contributed by atoms with van der Waals surface area (Å²) in [5.74, 6) is 0.525. The fourth-order valence-corrected chi connectivity index (χ4v) is 1.52. The molecule has 0 amide bonds. The molecule has 92 valence electrons. The zero-order valence-corrected chi connectivity index (χ0v) is 9.92. The van der Waals surface area contributed by atoms with Crippen molar-refractivity contribution in [1.82, 2.24) is 0 Å². The third-order valence-corrected chi connectivity index (χ3v) is 2.42. The van der Waals surface area contributed by atoms with E-state index < -0.39 is 5.97 Å². The van der Waals surface area contributed by atoms with E-state index in [2.05, 4.69) is 0 Å². The topological polar surface area (TPSA) is 61.5 Å². The molecule has 2 aromatic carbocycles. The number of carbonyl (C=O) groups is 1. The lowest BCUT2D eigenvalue weighted by Crippen LogP contribution is -2.08. The highest BCUT2D eigenvalue weighted by Gasteiger charge is 2.09. The summed E-state index contributed by atoms with van der Waals surface area (Å²) in [4.78, 5) is 11.8. The highest BCUT2D eigenvalue weighted by Crippen LogP contribution is 2.26. The van der Waals surface area contributed by atoms with Crippen LogP contribution in [0.2, 0.25) is 0 Å². The van der Waals surface area contributed by atoms with E-state index in [9.17, 15) is 4.79 Å². The Balaban J connectivity index is 2.15. The number of benzene rings is 2. The highest BCUT2D eigenvalue weighted by atomic mass is 16.5. The molecule has 0 aliphatic carbocycles. The van der Waals surface area contributed by atoms with Gasteiger partial charge in [-0.05, 0) is 24.3 Å². The van der Waals surface area contributed by atoms with Crippen LogP contribution in [0.5, 0.6) is 11.5 Å². The lowest BCUT2D eigenvalue weighted by molar-refractivity contribution is 0.0735. The Morgan fingerprint density at radius 3 is 2.44 bits per heavy atom. The number of nitrogen functional groups attached to an aromatic ring is 1. The van der Waals surface area contributed by atoms with Crippen LogP contribution in [0.15, 0.2) is 48.5 Å². The molecule has 0 bridgehead atoms. The van der Waals surface area contributed by atoms with E-state index in [4.69, 9.17) is 15.2 Å². The molecule has 0 aliphatic rings. The van der Waals surface area contributed by atoms with E-state index in [1.165, 1.54) is 7.11 Å². The largest absolute Gasteiger partial charge is 0.495 e. The minimum absolute atomic E-state index is 0.391. The van der Waals surface area contributed by atoms with Crippen molar-refractivity contribution >= 4 is 11.7 Å². The predicted molar refractivity (Wildman–Crippen MR) is 68.8 cm³/mol. The Morgan fingerprint density at radius 2 is 1.83 bits per heavy atom. The molecule has 4 nitrogen and oxygen atoms in total. The van der Waals surface area contributed by atoms with Crippen molar-refractivity contribution in [3.05, 3.63) is 54.1 Å². The van der Waals surface area contributed by atoms with Crippen molar-refractivity contribution in [3.8, 4) is 11.5 Å². The molecule has 0 heterocycles. The Bertz CT molecular complexity index is 552. The smallest absolute Gasteiger partial charge is 0.343 e. The first kappa shape index (κ1) is 12.0. The van der Waals surface area contributed by atoms with Gasteiger partial charge in [-0.3, -0.25) is 0 Å². The van der Waals surface area contributed by atoms with Gasteiger partial charge in [-0.15, -0.1) is 0 Å². The SMILES string of the molecule is COc1ccc(OC(=O)c2ccccc2)cc1N. The molecule has 0 saturated heterocycles. The highest BCUT2D eigenvalue weighted by molar-refractivity contribution is 5.91. The van der Waals surface area contributed by atoms with Gasteiger partial charge in [0.05, 0.1) is 18.4 Å². The van der Waals surface area contributed by atoms with Crippen LogP contribution < -0.4 is 15.2 Å². The number of nitrogens with two attached hydrogens (primary N) is 1. The molecule has 0 spiro atoms. The Labute approximate surface area is 105 Å². The van der Waals surface area contributed by atoms with Gasteiger partial charge in [-0.25, -0.2) is 4.79 Å². The average molecular weight is 243 g/mol. The number of ether oxygens (including phenoxy) is 2. The van der Waals surface area contributed by atoms with E-state index in [-0.39, 0.29) is 0 Å². The quantitative estimate of drug-likeness (QED) is 0.511. The molecule has 2 rings (SSSR count). The van der Waals surface area contributed by atoms with Crippen LogP contribution in [-0.4, -0.2) is 13.1 Å². The molecule has 2 N–H and O–H groups in total. The minimum atomic E-state index is -0.417. The zero-order chi connectivity index (χ0) is 13.0. The molecule has 18 heavy (non-hydrogen) atoms. The van der Waals surface area contributed by atoms with E-state index in [0.29, 0.717) is 22.7 Å². The second-order valence-corrected chi connectivity index (χ2v) is 3.66. The summed E-state index contributed by atoms with van der Waals surface area (Å²) < 4.78 is 10.2. The first-order valence-electron chi connectivity index (χ1n) is 5.41. The summed E-state index contributed by atoms with van der Waals surface area (Å²) in [6, 6.07) is 13.6. The summed E-state index contributed by atoms with van der Waals surface area (Å²) >= 11 is 0. The fraction of sp³-hybridized carbons (Fsp3) is 0.0714. The summed E-state index contributed by atoms with van der Waals surface area (Å²) in [5.41, 5.74) is 6.65. The van der Waals surface area contributed by atoms with Crippen molar-refractivity contribution in [2.75, 3.05) is 12.8 Å². The number of methoxy groups -OCH3 is 1. The second-order valence-electron chi connectivity index (χ2n) is 3.66. The van der Waals surface area contributed by atoms with Crippen molar-refractivity contribution in [1.29, 1.82) is 0 Å². The maximum absolute atomic E-state index is 11.8. The first-order chi connectivity index (χ1) is 8.70. The van der Waals surface area contributed by atoms with Crippen LogP contribution >= 0.6 is 0 Å². The normalized spacial score (nSPS) is 9.83. The summed E-state index contributed by atoms with van der Waals surface area (Å²) in [7, 11) is 1.53. The molecule has 0 saturated carbocycles. The number of hydrogen-bond acceptors (Lipinski definition) is 4. The molecule has 0 fully saturated rings. The zero-order valence-electron chi connectivity index (χ0n) is 9.92. The van der Waals surface area contributed by atoms with Crippen molar-refractivity contribution in [2.24, 2.45) is 0 Å². The Morgan fingerprint density at radius 1 is 1.11 bits per heavy atom. The van der Waals surface area contributed by atoms with Crippen LogP contribution in [0, 0.1) is 0 Å². The molecule has 0 aromatic heterocycles. The number of hydrogen-bond donors (Lipinski definition) is 1. The Hall–Kier alpha value is -2.49. The molecule has 0 unspecified atom stereocenters. The summed E-state index contributed by atoms with van der Waals surface area (Å²) in [6.45, 7) is 0. The van der Waals surface area contributed by atoms with Crippen molar-refractivity contribution < 1.29 is 14.3 Å². The van der Waals surface area contributed by atoms with Gasteiger partial charge in [-0.2, -0.15) is 0 Å². The molecule has 0 radical (unpaired) electrons. The molecule has 0 atom stereocenters. The Kier molecular flexibility index (Phi) is 3.48. The molecular weight excluding hydrogens is 230 g/mol. The van der Waals surface area contributed by atoms with Gasteiger partial charge in [0, 0.05) is 6.07 Å². The number of rotatable bonds is 3. The fourth-order valence-electron chi connectivity index (χ4n) is 1.52. The summed E-state index contributed by atoms with van der Waals surface area (Å²) in [6.07, 6.45) is 0. The van der Waals surface area contributed by atoms with Gasteiger partial charge >= 0.3 is 5.97 Å². The van der Waals surface area contributed by atoms with Gasteiger partial charge < -0.3 is 15.2 Å². The molecular formula is C14H13NO3. The first-order valence-corrected chi connectivity index (χ1v) is 5.41. The molecule has 2 aromatic rings. The average Bonchev–Trinajstić information content (AvgIpc) is 2.40. The van der Waals surface area contributed by atoms with Gasteiger partial charge in [0.1, 0.15) is 11.5 Å². The molecule has 4 heteroatoms. The van der Waals surface area contributed by atoms with Crippen LogP contribution in [0.25, 0.3) is 0 Å². The van der Waals surface area contributed by atoms with Crippen molar-refractivity contribution in [2.45, 2.75) is 0 Å². The summed E-state index contributed by atoms with van der Waals surface area (Å²) in [5, 5.41) is 0. The van der Waals surface area contributed by atoms with Crippen LogP contribution in [0.1, 0.15) is 10.4 Å². The third-order valence-electron chi connectivity index (χ3n) is 2.42. The number of carbonyl (C=O) groups excluding carboxylic acids is 1. The van der Waals surface area contributed by atoms with Gasteiger partial charge in [-0.1, -0.05) is 18.2 Å². The third kappa shape index (κ3) is 2.60. The predicted octanol–water partition coefficient (Wildman–Crippen LogP) is 2.50. The number of anilines is 1. The monoisotopic (exact) mass is 243 g/mol. The lowest BCUT2D eigenvalue weighted by Gasteiger charge is -2.07. The van der Waals surface area contributed by atoms with Crippen LogP contribution in [-0.2, 0) is 0 Å². The van der Waals surface area contributed by atoms with Crippen LogP contribution in [0.3, 0.4) is 0 Å². The van der Waals surface area contributed by atoms with Crippen LogP contribution in [0.4, 0.5) is 5.69 Å². The van der Waals surface area contributed by atoms with Crippen molar-refractivity contribution in [3.63, 3.8) is 0 Å². The number of esters is 1. The van der Waals surface area contributed by atoms with E-state index in [1.807, 2.05) is 6.07 Å². The van der Waals surface area contributed by atoms with E-state index >= 15 is 0 Å². The molecule has 0 aliphatic heterocycles. The standard InChI is InChI=1S/C14H13NO3/c1-17-13-8-7-11(9-12(13)15)18-14(16)10-5-3-2-4-6-10/h2-9H,15H2,1H3. The maximum Gasteiger partial charge on any atom is 0.343 e. The maximum atomic E-state index is 11.8. The van der Waals surface area contributed by atoms with Gasteiger partial charge in [0.25, 0.3) is 0 Å². The lowest BCUT2D eigenvalue weighted by atomic mass is 10.2. The second kappa shape index (κ2) is 5.23. The minimum Gasteiger partial charge on any atom is -0.495 e. The van der Waals surface area contributed by atoms with Gasteiger partial charge in [0.15, 0.2) is 0 Å². The van der Waals surface area contributed by atoms with E-state index in [0.717, 1.165) is 0 Å². The van der Waals surface area contributed by atoms with E-state index in [1.54, 1.807) is 42.5 Å². The van der Waals surface area contributed by atoms with Gasteiger partial charge in [0.2, 0.25) is 0 Å².